The molecule has 1 N–H and O–H groups in total. The van der Waals surface area contributed by atoms with Gasteiger partial charge in [-0.05, 0) is 61.4 Å². The number of aryl methyl sites for hydroxylation is 1. The minimum absolute atomic E-state index is 0.0366. The smallest absolute Gasteiger partial charge is 0.264 e. The largest absolute Gasteiger partial charge is 0.355 e. The topological polar surface area (TPSA) is 86.8 Å². The number of sulfonamides is 1. The molecule has 0 aromatic heterocycles. The van der Waals surface area contributed by atoms with Crippen molar-refractivity contribution in [1.82, 2.24) is 10.2 Å². The molecule has 0 spiro atoms. The van der Waals surface area contributed by atoms with Crippen LogP contribution in [-0.2, 0) is 32.6 Å². The first-order valence-corrected chi connectivity index (χ1v) is 16.0. The van der Waals surface area contributed by atoms with E-state index in [2.05, 4.69) is 5.32 Å². The lowest BCUT2D eigenvalue weighted by atomic mass is 10.0. The number of halogens is 2. The van der Waals surface area contributed by atoms with Crippen LogP contribution in [0, 0.1) is 6.92 Å². The fraction of sp³-hybridized carbons (Fsp3) is 0.212. The third-order valence-electron chi connectivity index (χ3n) is 6.91. The number of amides is 2. The van der Waals surface area contributed by atoms with Crippen LogP contribution in [0.2, 0.25) is 10.0 Å². The number of nitrogens with one attached hydrogen (secondary N) is 1. The summed E-state index contributed by atoms with van der Waals surface area (Å²) in [6, 6.07) is 28.2. The minimum atomic E-state index is -4.17. The fourth-order valence-corrected chi connectivity index (χ4v) is 6.68. The van der Waals surface area contributed by atoms with Gasteiger partial charge >= 0.3 is 0 Å². The van der Waals surface area contributed by atoms with E-state index in [4.69, 9.17) is 23.2 Å². The summed E-state index contributed by atoms with van der Waals surface area (Å²) >= 11 is 13.1. The Morgan fingerprint density at radius 3 is 2.05 bits per heavy atom. The number of hydrogen-bond donors (Lipinski definition) is 1. The van der Waals surface area contributed by atoms with Gasteiger partial charge in [0, 0.05) is 35.1 Å². The Labute approximate surface area is 263 Å². The van der Waals surface area contributed by atoms with Crippen LogP contribution in [0.5, 0.6) is 0 Å². The number of benzene rings is 4. The van der Waals surface area contributed by atoms with E-state index in [9.17, 15) is 18.0 Å². The highest BCUT2D eigenvalue weighted by Gasteiger charge is 2.35. The van der Waals surface area contributed by atoms with Crippen molar-refractivity contribution in [2.45, 2.75) is 37.8 Å². The van der Waals surface area contributed by atoms with Crippen molar-refractivity contribution in [3.05, 3.63) is 130 Å². The molecule has 4 aromatic carbocycles. The Bertz CT molecular complexity index is 1650. The number of rotatable bonds is 12. The van der Waals surface area contributed by atoms with Gasteiger partial charge in [0.25, 0.3) is 10.0 Å². The molecule has 7 nitrogen and oxygen atoms in total. The lowest BCUT2D eigenvalue weighted by Crippen LogP contribution is -2.53. The lowest BCUT2D eigenvalue weighted by Gasteiger charge is -2.34. The van der Waals surface area contributed by atoms with E-state index < -0.39 is 28.5 Å². The van der Waals surface area contributed by atoms with Gasteiger partial charge in [-0.3, -0.25) is 13.9 Å². The van der Waals surface area contributed by atoms with E-state index in [1.165, 1.54) is 17.0 Å². The third-order valence-corrected chi connectivity index (χ3v) is 9.41. The van der Waals surface area contributed by atoms with Crippen molar-refractivity contribution in [1.29, 1.82) is 0 Å². The molecule has 1 atom stereocenters. The zero-order valence-corrected chi connectivity index (χ0v) is 26.2. The second kappa shape index (κ2) is 14.6. The number of carbonyl (C=O) groups excluding carboxylic acids is 2. The molecule has 0 bridgehead atoms. The van der Waals surface area contributed by atoms with Crippen LogP contribution in [0.25, 0.3) is 0 Å². The second-order valence-electron chi connectivity index (χ2n) is 9.99. The van der Waals surface area contributed by atoms with Crippen molar-refractivity contribution in [3.8, 4) is 0 Å². The van der Waals surface area contributed by atoms with E-state index in [1.807, 2.05) is 43.3 Å². The maximum absolute atomic E-state index is 14.4. The average Bonchev–Trinajstić information content (AvgIpc) is 3.00. The number of likely N-dealkylation sites (N-methyl/N-ethyl adjacent to an activating group) is 1. The van der Waals surface area contributed by atoms with Gasteiger partial charge in [-0.25, -0.2) is 8.42 Å². The monoisotopic (exact) mass is 637 g/mol. The van der Waals surface area contributed by atoms with Crippen LogP contribution >= 0.6 is 23.2 Å². The molecule has 224 valence electrons. The van der Waals surface area contributed by atoms with Gasteiger partial charge < -0.3 is 10.2 Å². The molecule has 0 fully saturated rings. The first-order valence-electron chi connectivity index (χ1n) is 13.8. The van der Waals surface area contributed by atoms with Crippen molar-refractivity contribution < 1.29 is 18.0 Å². The van der Waals surface area contributed by atoms with E-state index in [-0.39, 0.29) is 23.8 Å². The molecule has 0 aliphatic heterocycles. The quantitative estimate of drug-likeness (QED) is 0.198. The Balaban J connectivity index is 1.82. The Hall–Kier alpha value is -3.85. The zero-order valence-electron chi connectivity index (χ0n) is 23.9. The number of hydrogen-bond acceptors (Lipinski definition) is 4. The highest BCUT2D eigenvalue weighted by atomic mass is 35.5. The van der Waals surface area contributed by atoms with Gasteiger partial charge in [0.1, 0.15) is 12.6 Å². The van der Waals surface area contributed by atoms with Crippen LogP contribution in [0.15, 0.2) is 108 Å². The second-order valence-corrected chi connectivity index (χ2v) is 12.7. The fourth-order valence-electron chi connectivity index (χ4n) is 4.73. The molecule has 0 saturated carbocycles. The summed E-state index contributed by atoms with van der Waals surface area (Å²) in [6.45, 7) is 3.30. The van der Waals surface area contributed by atoms with E-state index in [1.54, 1.807) is 61.5 Å². The summed E-state index contributed by atoms with van der Waals surface area (Å²) in [7, 11) is -4.17. The van der Waals surface area contributed by atoms with Crippen LogP contribution in [-0.4, -0.2) is 44.3 Å². The van der Waals surface area contributed by atoms with Crippen LogP contribution in [0.1, 0.15) is 23.6 Å². The Morgan fingerprint density at radius 2 is 1.44 bits per heavy atom. The zero-order chi connectivity index (χ0) is 31.0. The summed E-state index contributed by atoms with van der Waals surface area (Å²) in [5, 5.41) is 3.49. The van der Waals surface area contributed by atoms with Crippen LogP contribution in [0.3, 0.4) is 0 Å². The van der Waals surface area contributed by atoms with Crippen molar-refractivity contribution in [2.75, 3.05) is 17.4 Å². The Kier molecular flexibility index (Phi) is 10.9. The summed E-state index contributed by atoms with van der Waals surface area (Å²) in [5.41, 5.74) is 2.43. The summed E-state index contributed by atoms with van der Waals surface area (Å²) < 4.78 is 29.1. The maximum atomic E-state index is 14.4. The third kappa shape index (κ3) is 7.96. The summed E-state index contributed by atoms with van der Waals surface area (Å²) in [4.78, 5) is 29.4. The summed E-state index contributed by atoms with van der Waals surface area (Å²) in [5.74, 6) is -0.972. The molecule has 2 amide bonds. The van der Waals surface area contributed by atoms with Gasteiger partial charge in [0.05, 0.1) is 10.6 Å². The molecule has 0 radical (unpaired) electrons. The van der Waals surface area contributed by atoms with Gasteiger partial charge in [0.2, 0.25) is 11.8 Å². The van der Waals surface area contributed by atoms with Gasteiger partial charge in [-0.2, -0.15) is 0 Å². The molecule has 0 aliphatic rings. The summed E-state index contributed by atoms with van der Waals surface area (Å²) in [6.07, 6.45) is 0.191. The molecular formula is C33H33Cl2N3O4S. The molecule has 0 heterocycles. The minimum Gasteiger partial charge on any atom is -0.355 e. The molecule has 0 aliphatic carbocycles. The van der Waals surface area contributed by atoms with E-state index >= 15 is 0 Å². The van der Waals surface area contributed by atoms with Crippen LogP contribution in [0.4, 0.5) is 5.69 Å². The predicted octanol–water partition coefficient (Wildman–Crippen LogP) is 6.27. The first kappa shape index (κ1) is 32.1. The number of carbonyl (C=O) groups is 2. The predicted molar refractivity (Wildman–Crippen MR) is 172 cm³/mol. The maximum Gasteiger partial charge on any atom is 0.264 e. The molecule has 4 aromatic rings. The molecule has 0 saturated heterocycles. The molecule has 10 heteroatoms. The van der Waals surface area contributed by atoms with Gasteiger partial charge in [-0.1, -0.05) is 89.9 Å². The van der Waals surface area contributed by atoms with E-state index in [0.29, 0.717) is 27.8 Å². The lowest BCUT2D eigenvalue weighted by molar-refractivity contribution is -0.140. The standard InChI is InChI=1S/C33H33Cl2N3O4S/c1-3-36-33(40)31(21-25-13-6-4-7-14-25)37(22-28-29(34)18-11-19-30(28)35)32(39)23-38(26-15-10-12-24(2)20-26)43(41,42)27-16-8-5-9-17-27/h4-20,31H,3,21-23H2,1-2H3,(H,36,40)/t31-/m1/s1. The van der Waals surface area contributed by atoms with Gasteiger partial charge in [-0.15, -0.1) is 0 Å². The van der Waals surface area contributed by atoms with E-state index in [0.717, 1.165) is 15.4 Å². The SMILES string of the molecule is CCNC(=O)[C@@H](Cc1ccccc1)N(Cc1c(Cl)cccc1Cl)C(=O)CN(c1cccc(C)c1)S(=O)(=O)c1ccccc1. The molecule has 0 unspecified atom stereocenters. The van der Waals surface area contributed by atoms with Crippen LogP contribution < -0.4 is 9.62 Å². The normalized spacial score (nSPS) is 11.9. The number of nitrogens with zero attached hydrogens (tertiary/aromatic N) is 2. The van der Waals surface area contributed by atoms with Crippen molar-refractivity contribution in [3.63, 3.8) is 0 Å². The molecule has 4 rings (SSSR count). The van der Waals surface area contributed by atoms with Crippen molar-refractivity contribution in [2.24, 2.45) is 0 Å². The average molecular weight is 639 g/mol. The van der Waals surface area contributed by atoms with Gasteiger partial charge in [0.15, 0.2) is 0 Å². The molecule has 43 heavy (non-hydrogen) atoms. The van der Waals surface area contributed by atoms with Crippen molar-refractivity contribution >= 4 is 50.7 Å². The number of anilines is 1. The molecular weight excluding hydrogens is 605 g/mol. The first-order chi connectivity index (χ1) is 20.6. The Morgan fingerprint density at radius 1 is 0.837 bits per heavy atom. The highest BCUT2D eigenvalue weighted by molar-refractivity contribution is 7.92. The highest BCUT2D eigenvalue weighted by Crippen LogP contribution is 2.29.